The van der Waals surface area contributed by atoms with Crippen LogP contribution >= 0.6 is 0 Å². The van der Waals surface area contributed by atoms with Crippen molar-refractivity contribution in [3.8, 4) is 94.7 Å². The van der Waals surface area contributed by atoms with Gasteiger partial charge in [-0.15, -0.1) is 0 Å². The van der Waals surface area contributed by atoms with Gasteiger partial charge in [0.05, 0.1) is 11.0 Å². The van der Waals surface area contributed by atoms with Gasteiger partial charge >= 0.3 is 0 Å². The Morgan fingerprint density at radius 2 is 0.480 bits per heavy atom. The Hall–Kier alpha value is -9.82. The summed E-state index contributed by atoms with van der Waals surface area (Å²) in [4.78, 5) is 0. The van der Waals surface area contributed by atoms with Crippen LogP contribution in [0.15, 0.2) is 297 Å². The lowest BCUT2D eigenvalue weighted by molar-refractivity contribution is 1.18. The van der Waals surface area contributed by atoms with Crippen molar-refractivity contribution in [2.75, 3.05) is 0 Å². The van der Waals surface area contributed by atoms with Gasteiger partial charge in [0.1, 0.15) is 0 Å². The molecule has 0 saturated heterocycles. The van der Waals surface area contributed by atoms with E-state index < -0.39 is 0 Å². The molecule has 14 aromatic rings. The van der Waals surface area contributed by atoms with Gasteiger partial charge in [-0.3, -0.25) is 0 Å². The van der Waals surface area contributed by atoms with E-state index in [4.69, 9.17) is 0 Å². The minimum absolute atomic E-state index is 1.11. The third-order valence-corrected chi connectivity index (χ3v) is 15.2. The molecule has 0 amide bonds. The van der Waals surface area contributed by atoms with Crippen LogP contribution in [0, 0.1) is 0 Å². The molecule has 0 bridgehead atoms. The topological polar surface area (TPSA) is 4.93 Å². The van der Waals surface area contributed by atoms with E-state index in [2.05, 4.69) is 302 Å². The van der Waals surface area contributed by atoms with Crippen molar-refractivity contribution < 1.29 is 0 Å². The van der Waals surface area contributed by atoms with Crippen molar-refractivity contribution in [2.45, 2.75) is 0 Å². The zero-order valence-corrected chi connectivity index (χ0v) is 41.2. The van der Waals surface area contributed by atoms with E-state index >= 15 is 0 Å². The normalized spacial score (nSPS) is 11.5. The number of hydrogen-bond acceptors (Lipinski definition) is 0. The first-order valence-electron chi connectivity index (χ1n) is 25.9. The maximum atomic E-state index is 2.48. The zero-order valence-electron chi connectivity index (χ0n) is 41.2. The number of nitrogens with zero attached hydrogens (tertiary/aromatic N) is 1. The van der Waals surface area contributed by atoms with Crippen molar-refractivity contribution in [1.82, 2.24) is 4.57 Å². The molecule has 0 N–H and O–H groups in total. The van der Waals surface area contributed by atoms with E-state index in [-0.39, 0.29) is 0 Å². The van der Waals surface area contributed by atoms with Gasteiger partial charge in [0.2, 0.25) is 0 Å². The lowest BCUT2D eigenvalue weighted by Gasteiger charge is -2.15. The molecule has 0 aliphatic carbocycles. The fourth-order valence-corrected chi connectivity index (χ4v) is 11.3. The lowest BCUT2D eigenvalue weighted by atomic mass is 9.95. The summed E-state index contributed by atoms with van der Waals surface area (Å²) in [7, 11) is 0. The van der Waals surface area contributed by atoms with E-state index in [9.17, 15) is 0 Å². The van der Waals surface area contributed by atoms with Crippen molar-refractivity contribution in [1.29, 1.82) is 0 Å². The summed E-state index contributed by atoms with van der Waals surface area (Å²) in [6.45, 7) is 0. The average Bonchev–Trinajstić information content (AvgIpc) is 3.85. The third-order valence-electron chi connectivity index (χ3n) is 15.2. The molecule has 1 nitrogen and oxygen atoms in total. The number of fused-ring (bicyclic) bond motifs is 5. The third kappa shape index (κ3) is 8.18. The van der Waals surface area contributed by atoms with Crippen LogP contribution in [-0.2, 0) is 0 Å². The Balaban J connectivity index is 0.926. The molecule has 1 aromatic heterocycles. The van der Waals surface area contributed by atoms with Gasteiger partial charge in [0.15, 0.2) is 0 Å². The number of hydrogen-bond donors (Lipinski definition) is 0. The molecule has 0 radical (unpaired) electrons. The maximum Gasteiger partial charge on any atom is 0.0541 e. The van der Waals surface area contributed by atoms with Crippen LogP contribution in [-0.4, -0.2) is 4.57 Å². The van der Waals surface area contributed by atoms with Crippen molar-refractivity contribution in [2.24, 2.45) is 0 Å². The molecule has 0 saturated carbocycles. The van der Waals surface area contributed by atoms with Crippen LogP contribution in [0.3, 0.4) is 0 Å². The van der Waals surface area contributed by atoms with Gasteiger partial charge < -0.3 is 4.57 Å². The highest BCUT2D eigenvalue weighted by molar-refractivity contribution is 6.12. The van der Waals surface area contributed by atoms with Crippen LogP contribution in [0.25, 0.3) is 138 Å². The standard InChI is InChI=1S/C74H49N/c1-3-13-50(14-4-1)52-25-29-56(30-26-52)64-45-65(57-31-27-53(28-32-57)51-15-5-2-6-16-51)47-66(46-64)75-73-43-41-62(54-33-37-60(38-34-54)69-23-11-19-58-17-7-9-21-67(58)69)48-71(73)72-49-63(42-44-74(72)75)55-35-39-61(40-36-55)70-24-12-20-59-18-8-10-22-68(59)70/h1-49H. The maximum absolute atomic E-state index is 2.48. The van der Waals surface area contributed by atoms with E-state index in [0.717, 1.165) is 27.8 Å². The van der Waals surface area contributed by atoms with Crippen LogP contribution in [0.4, 0.5) is 0 Å². The summed E-state index contributed by atoms with van der Waals surface area (Å²) in [6, 6.07) is 109. The van der Waals surface area contributed by atoms with Crippen LogP contribution in [0.2, 0.25) is 0 Å². The highest BCUT2D eigenvalue weighted by Crippen LogP contribution is 2.41. The van der Waals surface area contributed by atoms with Crippen molar-refractivity contribution >= 4 is 43.4 Å². The van der Waals surface area contributed by atoms with Crippen molar-refractivity contribution in [3.05, 3.63) is 297 Å². The second-order valence-electron chi connectivity index (χ2n) is 19.7. The van der Waals surface area contributed by atoms with E-state index in [0.29, 0.717) is 0 Å². The Bertz CT molecular complexity index is 4100. The molecule has 0 fully saturated rings. The first kappa shape index (κ1) is 43.9. The first-order chi connectivity index (χ1) is 37.1. The van der Waals surface area contributed by atoms with Gasteiger partial charge in [-0.05, 0) is 153 Å². The summed E-state index contributed by atoms with van der Waals surface area (Å²) in [5.41, 5.74) is 22.6. The van der Waals surface area contributed by atoms with Gasteiger partial charge in [-0.1, -0.05) is 255 Å². The molecule has 14 rings (SSSR count). The predicted octanol–water partition coefficient (Wildman–Crippen LogP) is 20.4. The molecule has 0 unspecified atom stereocenters. The smallest absolute Gasteiger partial charge is 0.0541 e. The fraction of sp³-hybridized carbons (Fsp3) is 0. The van der Waals surface area contributed by atoms with E-state index in [1.165, 1.54) is 110 Å². The largest absolute Gasteiger partial charge is 0.309 e. The molecule has 0 aliphatic rings. The molecule has 350 valence electrons. The van der Waals surface area contributed by atoms with Gasteiger partial charge in [0, 0.05) is 16.5 Å². The fourth-order valence-electron chi connectivity index (χ4n) is 11.3. The Labute approximate surface area is 437 Å². The molecule has 75 heavy (non-hydrogen) atoms. The van der Waals surface area contributed by atoms with Gasteiger partial charge in [0.25, 0.3) is 0 Å². The number of aromatic nitrogens is 1. The summed E-state index contributed by atoms with van der Waals surface area (Å²) in [6.07, 6.45) is 0. The summed E-state index contributed by atoms with van der Waals surface area (Å²) in [5.74, 6) is 0. The molecular formula is C74H49N. The molecule has 0 spiro atoms. The monoisotopic (exact) mass is 951 g/mol. The molecule has 0 aliphatic heterocycles. The Morgan fingerprint density at radius 1 is 0.173 bits per heavy atom. The quantitative estimate of drug-likeness (QED) is 0.136. The minimum atomic E-state index is 1.11. The van der Waals surface area contributed by atoms with E-state index in [1.54, 1.807) is 0 Å². The highest BCUT2D eigenvalue weighted by Gasteiger charge is 2.18. The molecule has 0 atom stereocenters. The van der Waals surface area contributed by atoms with Crippen molar-refractivity contribution in [3.63, 3.8) is 0 Å². The second kappa shape index (κ2) is 18.7. The summed E-state index contributed by atoms with van der Waals surface area (Å²) < 4.78 is 2.48. The first-order valence-corrected chi connectivity index (χ1v) is 25.9. The van der Waals surface area contributed by atoms with E-state index in [1.807, 2.05) is 0 Å². The molecular weight excluding hydrogens is 903 g/mol. The van der Waals surface area contributed by atoms with Crippen LogP contribution in [0.1, 0.15) is 0 Å². The predicted molar refractivity (Wildman–Crippen MR) is 319 cm³/mol. The molecule has 1 heterocycles. The molecule has 13 aromatic carbocycles. The second-order valence-corrected chi connectivity index (χ2v) is 19.7. The Morgan fingerprint density at radius 3 is 0.893 bits per heavy atom. The minimum Gasteiger partial charge on any atom is -0.309 e. The highest BCUT2D eigenvalue weighted by atomic mass is 15.0. The SMILES string of the molecule is c1ccc(-c2ccc(-c3cc(-c4ccc(-c5ccccc5)cc4)cc(-n4c5ccc(-c6ccc(-c7cccc8ccccc78)cc6)cc5c5cc(-c6ccc(-c7cccc8ccccc78)cc6)ccc54)c3)cc2)cc1. The van der Waals surface area contributed by atoms with Gasteiger partial charge in [-0.2, -0.15) is 0 Å². The lowest BCUT2D eigenvalue weighted by Crippen LogP contribution is -1.96. The summed E-state index contributed by atoms with van der Waals surface area (Å²) in [5, 5.41) is 7.45. The number of benzene rings is 13. The summed E-state index contributed by atoms with van der Waals surface area (Å²) >= 11 is 0. The Kier molecular flexibility index (Phi) is 10.9. The van der Waals surface area contributed by atoms with Crippen LogP contribution < -0.4 is 0 Å². The van der Waals surface area contributed by atoms with Crippen LogP contribution in [0.5, 0.6) is 0 Å². The van der Waals surface area contributed by atoms with Gasteiger partial charge in [-0.25, -0.2) is 0 Å². The average molecular weight is 952 g/mol. The zero-order chi connectivity index (χ0) is 49.7. The molecule has 1 heteroatoms. The number of rotatable bonds is 9.